The largest absolute Gasteiger partial charge is 0.441 e. The van der Waals surface area contributed by atoms with Gasteiger partial charge in [-0.05, 0) is 32.2 Å². The van der Waals surface area contributed by atoms with Gasteiger partial charge in [0.15, 0.2) is 6.29 Å². The van der Waals surface area contributed by atoms with Crippen molar-refractivity contribution in [3.8, 4) is 0 Å². The average Bonchev–Trinajstić information content (AvgIpc) is 2.22. The Bertz CT molecular complexity index is 175. The van der Waals surface area contributed by atoms with Crippen LogP contribution in [-0.2, 0) is 9.47 Å². The maximum atomic E-state index is 11.8. The molecule has 0 spiro atoms. The molecule has 0 unspecified atom stereocenters. The summed E-state index contributed by atoms with van der Waals surface area (Å²) in [7, 11) is 0. The number of nitrogens with one attached hydrogen (secondary N) is 1. The third-order valence-electron chi connectivity index (χ3n) is 1.81. The summed E-state index contributed by atoms with van der Waals surface area (Å²) in [6, 6.07) is 0. The smallest absolute Gasteiger partial charge is 0.353 e. The molecule has 104 valence electrons. The lowest BCUT2D eigenvalue weighted by Crippen LogP contribution is -2.26. The van der Waals surface area contributed by atoms with Crippen LogP contribution in [0.1, 0.15) is 20.3 Å². The maximum absolute atomic E-state index is 11.8. The van der Waals surface area contributed by atoms with Gasteiger partial charge >= 0.3 is 5.51 Å². The minimum Gasteiger partial charge on any atom is -0.353 e. The fourth-order valence-corrected chi connectivity index (χ4v) is 1.65. The molecule has 0 aromatic rings. The minimum atomic E-state index is -4.14. The van der Waals surface area contributed by atoms with Crippen molar-refractivity contribution < 1.29 is 22.6 Å². The van der Waals surface area contributed by atoms with E-state index in [2.05, 4.69) is 5.32 Å². The van der Waals surface area contributed by atoms with Gasteiger partial charge in [-0.3, -0.25) is 0 Å². The van der Waals surface area contributed by atoms with Gasteiger partial charge in [-0.15, -0.1) is 0 Å². The fraction of sp³-hybridized carbons (Fsp3) is 1.00. The third kappa shape index (κ3) is 12.3. The third-order valence-corrected chi connectivity index (χ3v) is 2.54. The zero-order valence-corrected chi connectivity index (χ0v) is 11.0. The molecule has 0 aliphatic carbocycles. The van der Waals surface area contributed by atoms with E-state index in [0.29, 0.717) is 32.7 Å². The molecule has 0 aliphatic rings. The minimum absolute atomic E-state index is 0.0121. The van der Waals surface area contributed by atoms with Gasteiger partial charge < -0.3 is 14.8 Å². The Morgan fingerprint density at radius 1 is 1.12 bits per heavy atom. The first-order chi connectivity index (χ1) is 7.99. The molecule has 0 rings (SSSR count). The molecule has 0 saturated carbocycles. The van der Waals surface area contributed by atoms with E-state index in [1.54, 1.807) is 0 Å². The lowest BCUT2D eigenvalue weighted by atomic mass is 10.4. The molecule has 7 heteroatoms. The predicted octanol–water partition coefficient (Wildman–Crippen LogP) is 2.62. The average molecular weight is 275 g/mol. The van der Waals surface area contributed by atoms with Crippen LogP contribution in [0.3, 0.4) is 0 Å². The molecule has 0 fully saturated rings. The van der Waals surface area contributed by atoms with E-state index >= 15 is 0 Å². The van der Waals surface area contributed by atoms with Crippen molar-refractivity contribution >= 4 is 11.8 Å². The lowest BCUT2D eigenvalue weighted by molar-refractivity contribution is -0.138. The predicted molar refractivity (Wildman–Crippen MR) is 63.0 cm³/mol. The number of halogens is 3. The van der Waals surface area contributed by atoms with Crippen molar-refractivity contribution in [3.05, 3.63) is 0 Å². The van der Waals surface area contributed by atoms with E-state index in [1.165, 1.54) is 0 Å². The number of ether oxygens (including phenoxy) is 2. The summed E-state index contributed by atoms with van der Waals surface area (Å²) in [6.45, 7) is 5.79. The van der Waals surface area contributed by atoms with Crippen LogP contribution < -0.4 is 5.32 Å². The van der Waals surface area contributed by atoms with Gasteiger partial charge in [-0.25, -0.2) is 0 Å². The highest BCUT2D eigenvalue weighted by molar-refractivity contribution is 8.00. The number of alkyl halides is 3. The molecule has 3 nitrogen and oxygen atoms in total. The summed E-state index contributed by atoms with van der Waals surface area (Å²) < 4.78 is 46.0. The Morgan fingerprint density at radius 2 is 1.71 bits per heavy atom. The normalized spacial score (nSPS) is 12.4. The number of rotatable bonds is 10. The zero-order chi connectivity index (χ0) is 13.1. The summed E-state index contributed by atoms with van der Waals surface area (Å²) in [6.07, 6.45) is 0.367. The summed E-state index contributed by atoms with van der Waals surface area (Å²) >= 11 is -0.0121. The van der Waals surface area contributed by atoms with Crippen LogP contribution in [0, 0.1) is 0 Å². The van der Waals surface area contributed by atoms with Crippen molar-refractivity contribution in [1.82, 2.24) is 5.32 Å². The van der Waals surface area contributed by atoms with Crippen LogP contribution in [0.5, 0.6) is 0 Å². The topological polar surface area (TPSA) is 30.5 Å². The quantitative estimate of drug-likeness (QED) is 0.490. The van der Waals surface area contributed by atoms with Crippen LogP contribution in [0.4, 0.5) is 13.2 Å². The van der Waals surface area contributed by atoms with Crippen molar-refractivity contribution in [2.24, 2.45) is 0 Å². The monoisotopic (exact) mass is 275 g/mol. The fourth-order valence-electron chi connectivity index (χ4n) is 1.17. The van der Waals surface area contributed by atoms with E-state index in [9.17, 15) is 13.2 Å². The second kappa shape index (κ2) is 9.99. The highest BCUT2D eigenvalue weighted by Gasteiger charge is 2.27. The van der Waals surface area contributed by atoms with Gasteiger partial charge in [-0.1, -0.05) is 0 Å². The van der Waals surface area contributed by atoms with E-state index in [1.807, 2.05) is 13.8 Å². The molecular weight excluding hydrogens is 255 g/mol. The first-order valence-electron chi connectivity index (χ1n) is 5.64. The van der Waals surface area contributed by atoms with Crippen molar-refractivity contribution in [1.29, 1.82) is 0 Å². The van der Waals surface area contributed by atoms with Crippen LogP contribution in [0.25, 0.3) is 0 Å². The van der Waals surface area contributed by atoms with Gasteiger partial charge in [0.25, 0.3) is 0 Å². The highest BCUT2D eigenvalue weighted by atomic mass is 32.2. The van der Waals surface area contributed by atoms with Gasteiger partial charge in [0.2, 0.25) is 0 Å². The summed E-state index contributed by atoms with van der Waals surface area (Å²) in [5, 5.41) is 2.92. The summed E-state index contributed by atoms with van der Waals surface area (Å²) in [5.74, 6) is 0.0252. The van der Waals surface area contributed by atoms with E-state index in [4.69, 9.17) is 9.47 Å². The Kier molecular flexibility index (Phi) is 10.0. The van der Waals surface area contributed by atoms with Crippen molar-refractivity contribution in [3.63, 3.8) is 0 Å². The van der Waals surface area contributed by atoms with Crippen LogP contribution >= 0.6 is 11.8 Å². The Morgan fingerprint density at radius 3 is 2.18 bits per heavy atom. The standard InChI is InChI=1S/C10H20F3NO2S/c1-3-15-9(16-4-2)5-6-14-7-8-17-10(11,12)13/h9,14H,3-8H2,1-2H3. The van der Waals surface area contributed by atoms with Crippen LogP contribution in [0.2, 0.25) is 0 Å². The van der Waals surface area contributed by atoms with Crippen molar-refractivity contribution in [2.75, 3.05) is 32.1 Å². The second-order valence-electron chi connectivity index (χ2n) is 3.17. The Hall–Kier alpha value is 0.0200. The first-order valence-corrected chi connectivity index (χ1v) is 6.62. The van der Waals surface area contributed by atoms with Crippen LogP contribution in [0.15, 0.2) is 0 Å². The molecule has 0 radical (unpaired) electrons. The van der Waals surface area contributed by atoms with Crippen LogP contribution in [-0.4, -0.2) is 43.9 Å². The van der Waals surface area contributed by atoms with E-state index in [-0.39, 0.29) is 23.8 Å². The molecular formula is C10H20F3NO2S. The molecule has 0 amide bonds. The SMILES string of the molecule is CCOC(CCNCCSC(F)(F)F)OCC. The Balaban J connectivity index is 3.41. The number of thioether (sulfide) groups is 1. The molecule has 1 N–H and O–H groups in total. The van der Waals surface area contributed by atoms with Gasteiger partial charge in [0.05, 0.1) is 0 Å². The van der Waals surface area contributed by atoms with Gasteiger partial charge in [0, 0.05) is 31.9 Å². The Labute approximate surface area is 104 Å². The van der Waals surface area contributed by atoms with E-state index < -0.39 is 5.51 Å². The number of hydrogen-bond acceptors (Lipinski definition) is 4. The lowest BCUT2D eigenvalue weighted by Gasteiger charge is -2.17. The molecule has 0 atom stereocenters. The van der Waals surface area contributed by atoms with Gasteiger partial charge in [0.1, 0.15) is 0 Å². The molecule has 0 bridgehead atoms. The number of hydrogen-bond donors (Lipinski definition) is 1. The molecule has 0 aromatic heterocycles. The molecule has 0 aromatic carbocycles. The van der Waals surface area contributed by atoms with Crippen molar-refractivity contribution in [2.45, 2.75) is 32.1 Å². The zero-order valence-electron chi connectivity index (χ0n) is 10.2. The highest BCUT2D eigenvalue weighted by Crippen LogP contribution is 2.29. The van der Waals surface area contributed by atoms with Gasteiger partial charge in [-0.2, -0.15) is 13.2 Å². The molecule has 0 saturated heterocycles. The first kappa shape index (κ1) is 17.0. The molecule has 17 heavy (non-hydrogen) atoms. The second-order valence-corrected chi connectivity index (χ2v) is 4.33. The molecule has 0 aliphatic heterocycles. The summed E-state index contributed by atoms with van der Waals surface area (Å²) in [4.78, 5) is 0. The van der Waals surface area contributed by atoms with E-state index in [0.717, 1.165) is 0 Å². The molecule has 0 heterocycles. The summed E-state index contributed by atoms with van der Waals surface area (Å²) in [5.41, 5.74) is -4.14. The maximum Gasteiger partial charge on any atom is 0.441 e.